The number of hydrogen-bond donors (Lipinski definition) is 2. The molecule has 0 aromatic rings. The van der Waals surface area contributed by atoms with Crippen LogP contribution in [0.4, 0.5) is 18.0 Å². The van der Waals surface area contributed by atoms with Crippen molar-refractivity contribution in [1.29, 1.82) is 0 Å². The fourth-order valence-corrected chi connectivity index (χ4v) is 2.26. The lowest BCUT2D eigenvalue weighted by Crippen LogP contribution is -2.47. The van der Waals surface area contributed by atoms with E-state index in [0.717, 1.165) is 0 Å². The molecule has 1 atom stereocenters. The standard InChI is InChI=1S/C13H21F3N2O3/c1-9(2-3-11(19)20)8-17-12(21)18-6-4-10(5-7-18)13(14,15)16/h9-10H,2-8H2,1H3,(H,17,21)(H,19,20). The van der Waals surface area contributed by atoms with Gasteiger partial charge in [-0.15, -0.1) is 0 Å². The van der Waals surface area contributed by atoms with Crippen LogP contribution in [0.15, 0.2) is 0 Å². The lowest BCUT2D eigenvalue weighted by molar-refractivity contribution is -0.183. The van der Waals surface area contributed by atoms with Crippen molar-refractivity contribution in [2.45, 2.75) is 38.8 Å². The molecule has 1 fully saturated rings. The van der Waals surface area contributed by atoms with Crippen molar-refractivity contribution in [3.8, 4) is 0 Å². The van der Waals surface area contributed by atoms with Gasteiger partial charge in [0.2, 0.25) is 0 Å². The molecule has 0 bridgehead atoms. The van der Waals surface area contributed by atoms with Gasteiger partial charge in [0.1, 0.15) is 0 Å². The first-order chi connectivity index (χ1) is 9.70. The van der Waals surface area contributed by atoms with Crippen LogP contribution in [0.25, 0.3) is 0 Å². The fraction of sp³-hybridized carbons (Fsp3) is 0.846. The van der Waals surface area contributed by atoms with Gasteiger partial charge in [-0.3, -0.25) is 4.79 Å². The molecule has 1 heterocycles. The SMILES string of the molecule is CC(CCC(=O)O)CNC(=O)N1CCC(C(F)(F)F)CC1. The van der Waals surface area contributed by atoms with Gasteiger partial charge in [-0.25, -0.2) is 4.79 Å². The molecule has 0 radical (unpaired) electrons. The number of nitrogens with zero attached hydrogens (tertiary/aromatic N) is 1. The van der Waals surface area contributed by atoms with Crippen LogP contribution in [0.1, 0.15) is 32.6 Å². The molecule has 1 saturated heterocycles. The highest BCUT2D eigenvalue weighted by molar-refractivity contribution is 5.74. The zero-order chi connectivity index (χ0) is 16.0. The van der Waals surface area contributed by atoms with E-state index in [4.69, 9.17) is 5.11 Å². The van der Waals surface area contributed by atoms with Crippen molar-refractivity contribution in [2.24, 2.45) is 11.8 Å². The zero-order valence-electron chi connectivity index (χ0n) is 11.9. The van der Waals surface area contributed by atoms with E-state index in [1.54, 1.807) is 0 Å². The number of hydrogen-bond acceptors (Lipinski definition) is 2. The molecule has 0 aromatic heterocycles. The number of piperidine rings is 1. The van der Waals surface area contributed by atoms with Crippen molar-refractivity contribution in [2.75, 3.05) is 19.6 Å². The molecule has 2 N–H and O–H groups in total. The number of amides is 2. The fourth-order valence-electron chi connectivity index (χ4n) is 2.26. The second kappa shape index (κ2) is 7.51. The topological polar surface area (TPSA) is 69.6 Å². The van der Waals surface area contributed by atoms with Crippen molar-refractivity contribution in [3.63, 3.8) is 0 Å². The monoisotopic (exact) mass is 310 g/mol. The predicted octanol–water partition coefficient (Wildman–Crippen LogP) is 2.47. The molecular weight excluding hydrogens is 289 g/mol. The Bertz CT molecular complexity index is 366. The van der Waals surface area contributed by atoms with Crippen LogP contribution in [0.5, 0.6) is 0 Å². The van der Waals surface area contributed by atoms with Gasteiger partial charge in [0.15, 0.2) is 0 Å². The number of alkyl halides is 3. The van der Waals surface area contributed by atoms with Gasteiger partial charge in [-0.2, -0.15) is 13.2 Å². The van der Waals surface area contributed by atoms with Gasteiger partial charge in [-0.1, -0.05) is 6.92 Å². The Morgan fingerprint density at radius 1 is 1.33 bits per heavy atom. The Labute approximate surface area is 121 Å². The van der Waals surface area contributed by atoms with Crippen molar-refractivity contribution in [1.82, 2.24) is 10.2 Å². The first kappa shape index (κ1) is 17.6. The maximum atomic E-state index is 12.5. The number of carbonyl (C=O) groups excluding carboxylic acids is 1. The maximum absolute atomic E-state index is 12.5. The Morgan fingerprint density at radius 3 is 2.38 bits per heavy atom. The van der Waals surface area contributed by atoms with Crippen LogP contribution >= 0.6 is 0 Å². The first-order valence-electron chi connectivity index (χ1n) is 7.01. The number of aliphatic carboxylic acids is 1. The van der Waals surface area contributed by atoms with E-state index in [2.05, 4.69) is 5.32 Å². The molecule has 1 rings (SSSR count). The maximum Gasteiger partial charge on any atom is 0.391 e. The summed E-state index contributed by atoms with van der Waals surface area (Å²) in [6.45, 7) is 2.34. The Kier molecular flexibility index (Phi) is 6.29. The van der Waals surface area contributed by atoms with Gasteiger partial charge >= 0.3 is 18.2 Å². The van der Waals surface area contributed by atoms with E-state index >= 15 is 0 Å². The summed E-state index contributed by atoms with van der Waals surface area (Å²) in [5.74, 6) is -2.20. The smallest absolute Gasteiger partial charge is 0.391 e. The third-order valence-electron chi connectivity index (χ3n) is 3.70. The van der Waals surface area contributed by atoms with Crippen molar-refractivity contribution < 1.29 is 27.9 Å². The summed E-state index contributed by atoms with van der Waals surface area (Å²) in [5, 5.41) is 11.2. The average Bonchev–Trinajstić information content (AvgIpc) is 2.41. The van der Waals surface area contributed by atoms with E-state index < -0.39 is 18.1 Å². The van der Waals surface area contributed by atoms with Gasteiger partial charge in [0.05, 0.1) is 5.92 Å². The molecule has 0 aliphatic carbocycles. The van der Waals surface area contributed by atoms with E-state index in [-0.39, 0.29) is 44.3 Å². The number of likely N-dealkylation sites (tertiary alicyclic amines) is 1. The van der Waals surface area contributed by atoms with Crippen LogP contribution in [0.3, 0.4) is 0 Å². The number of urea groups is 1. The largest absolute Gasteiger partial charge is 0.481 e. The minimum atomic E-state index is -4.19. The Hall–Kier alpha value is -1.47. The minimum Gasteiger partial charge on any atom is -0.481 e. The molecule has 1 aliphatic rings. The van der Waals surface area contributed by atoms with Gasteiger partial charge in [-0.05, 0) is 25.2 Å². The third kappa shape index (κ3) is 6.22. The van der Waals surface area contributed by atoms with Gasteiger partial charge in [0.25, 0.3) is 0 Å². The molecule has 0 saturated carbocycles. The Morgan fingerprint density at radius 2 is 1.90 bits per heavy atom. The predicted molar refractivity (Wildman–Crippen MR) is 69.8 cm³/mol. The van der Waals surface area contributed by atoms with E-state index in [1.807, 2.05) is 6.92 Å². The van der Waals surface area contributed by atoms with E-state index in [0.29, 0.717) is 13.0 Å². The number of halogens is 3. The summed E-state index contributed by atoms with van der Waals surface area (Å²) in [7, 11) is 0. The summed E-state index contributed by atoms with van der Waals surface area (Å²) in [5.41, 5.74) is 0. The second-order valence-electron chi connectivity index (χ2n) is 5.53. The Balaban J connectivity index is 2.26. The number of carbonyl (C=O) groups is 2. The molecule has 5 nitrogen and oxygen atoms in total. The quantitative estimate of drug-likeness (QED) is 0.819. The van der Waals surface area contributed by atoms with E-state index in [1.165, 1.54) is 4.90 Å². The highest BCUT2D eigenvalue weighted by atomic mass is 19.4. The molecule has 1 aliphatic heterocycles. The summed E-state index contributed by atoms with van der Waals surface area (Å²) in [6, 6.07) is -0.377. The van der Waals surface area contributed by atoms with Crippen LogP contribution < -0.4 is 5.32 Å². The van der Waals surface area contributed by atoms with Crippen LogP contribution in [0, 0.1) is 11.8 Å². The minimum absolute atomic E-state index is 0.0118. The molecular formula is C13H21F3N2O3. The lowest BCUT2D eigenvalue weighted by Gasteiger charge is -2.33. The number of carboxylic acids is 1. The molecule has 0 aromatic carbocycles. The summed E-state index contributed by atoms with van der Waals surface area (Å²) in [6.07, 6.45) is -3.83. The molecule has 21 heavy (non-hydrogen) atoms. The average molecular weight is 310 g/mol. The number of rotatable bonds is 5. The molecule has 122 valence electrons. The summed E-state index contributed by atoms with van der Waals surface area (Å²) in [4.78, 5) is 23.6. The van der Waals surface area contributed by atoms with Gasteiger partial charge < -0.3 is 15.3 Å². The summed E-state index contributed by atoms with van der Waals surface area (Å²) >= 11 is 0. The molecule has 0 spiro atoms. The van der Waals surface area contributed by atoms with Crippen molar-refractivity contribution in [3.05, 3.63) is 0 Å². The van der Waals surface area contributed by atoms with Crippen LogP contribution in [-0.4, -0.2) is 47.8 Å². The van der Waals surface area contributed by atoms with Crippen LogP contribution in [0.2, 0.25) is 0 Å². The van der Waals surface area contributed by atoms with E-state index in [9.17, 15) is 22.8 Å². The zero-order valence-corrected chi connectivity index (χ0v) is 11.9. The highest BCUT2D eigenvalue weighted by Gasteiger charge is 2.41. The second-order valence-corrected chi connectivity index (χ2v) is 5.53. The third-order valence-corrected chi connectivity index (χ3v) is 3.70. The molecule has 1 unspecified atom stereocenters. The lowest BCUT2D eigenvalue weighted by atomic mass is 9.96. The molecule has 2 amide bonds. The van der Waals surface area contributed by atoms with Crippen LogP contribution in [-0.2, 0) is 4.79 Å². The summed E-state index contributed by atoms with van der Waals surface area (Å²) < 4.78 is 37.5. The van der Waals surface area contributed by atoms with Gasteiger partial charge in [0, 0.05) is 26.1 Å². The number of carboxylic acid groups (broad SMARTS) is 1. The highest BCUT2D eigenvalue weighted by Crippen LogP contribution is 2.33. The first-order valence-corrected chi connectivity index (χ1v) is 7.01. The van der Waals surface area contributed by atoms with Crippen molar-refractivity contribution >= 4 is 12.0 Å². The molecule has 8 heteroatoms. The number of nitrogens with one attached hydrogen (secondary N) is 1. The normalized spacial score (nSPS) is 18.4.